The molecule has 2 atom stereocenters. The van der Waals surface area contributed by atoms with Gasteiger partial charge in [-0.25, -0.2) is 0 Å². The highest BCUT2D eigenvalue weighted by molar-refractivity contribution is 5.91. The van der Waals surface area contributed by atoms with Crippen LogP contribution in [-0.4, -0.2) is 46.4 Å². The molecular weight excluding hydrogens is 384 g/mol. The zero-order valence-electron chi connectivity index (χ0n) is 17.7. The summed E-state index contributed by atoms with van der Waals surface area (Å²) in [6.45, 7) is 8.06. The molecule has 0 saturated carbocycles. The van der Waals surface area contributed by atoms with Crippen LogP contribution in [0.4, 0.5) is 0 Å². The second-order valence-electron chi connectivity index (χ2n) is 9.59. The van der Waals surface area contributed by atoms with Crippen molar-refractivity contribution in [3.05, 3.63) is 41.3 Å². The molecule has 1 spiro atoms. The number of ether oxygens (including phenoxy) is 2. The summed E-state index contributed by atoms with van der Waals surface area (Å²) in [6.07, 6.45) is 2.75. The van der Waals surface area contributed by atoms with Crippen molar-refractivity contribution < 1.29 is 23.9 Å². The number of amides is 1. The Morgan fingerprint density at radius 3 is 2.70 bits per heavy atom. The molecule has 7 heteroatoms. The van der Waals surface area contributed by atoms with Gasteiger partial charge in [0.1, 0.15) is 17.1 Å². The van der Waals surface area contributed by atoms with E-state index in [1.165, 1.54) is 0 Å². The number of piperidine rings is 1. The summed E-state index contributed by atoms with van der Waals surface area (Å²) >= 11 is 0. The average molecular weight is 412 g/mol. The third-order valence-corrected chi connectivity index (χ3v) is 7.11. The first-order valence-corrected chi connectivity index (χ1v) is 10.6. The minimum absolute atomic E-state index is 0.0354. The number of aryl methyl sites for hydroxylation is 1. The number of phenolic OH excluding ortho intramolecular Hbond substituents is 1. The zero-order valence-corrected chi connectivity index (χ0v) is 17.7. The van der Waals surface area contributed by atoms with Crippen molar-refractivity contribution in [1.82, 2.24) is 10.1 Å². The third-order valence-electron chi connectivity index (χ3n) is 7.11. The Hall–Kier alpha value is -2.54. The topological polar surface area (TPSA) is 85.0 Å². The number of hydrogen-bond acceptors (Lipinski definition) is 6. The molecule has 5 rings (SSSR count). The molecule has 1 aromatic heterocycles. The maximum Gasteiger partial charge on any atom is 0.292 e. The predicted molar refractivity (Wildman–Crippen MR) is 108 cm³/mol. The standard InChI is InChI=1S/C23H28N2O5/c1-14-10-19(30-24-14)21(27)25-8-6-23(7-9-25)12-17-20(28-13-23)16-5-4-15(26)11-18(16)29-22(17,2)3/h4-5,10-11,17,20,26H,6-9,12-13H2,1-3H3/t17-,20+/m0/s1. The first kappa shape index (κ1) is 19.4. The number of benzene rings is 1. The Kier molecular flexibility index (Phi) is 4.36. The number of aromatic nitrogens is 1. The van der Waals surface area contributed by atoms with Gasteiger partial charge in [-0.3, -0.25) is 4.79 Å². The van der Waals surface area contributed by atoms with Crippen LogP contribution in [0.2, 0.25) is 0 Å². The third kappa shape index (κ3) is 3.16. The van der Waals surface area contributed by atoms with Crippen molar-refractivity contribution in [2.24, 2.45) is 11.3 Å². The Balaban J connectivity index is 1.32. The van der Waals surface area contributed by atoms with Gasteiger partial charge in [0.15, 0.2) is 0 Å². The number of likely N-dealkylation sites (tertiary alicyclic amines) is 1. The molecule has 3 aliphatic heterocycles. The number of carbonyl (C=O) groups is 1. The summed E-state index contributed by atoms with van der Waals surface area (Å²) in [7, 11) is 0. The molecule has 4 heterocycles. The van der Waals surface area contributed by atoms with Gasteiger partial charge in [-0.05, 0) is 57.6 Å². The molecule has 1 aromatic carbocycles. The Bertz CT molecular complexity index is 974. The highest BCUT2D eigenvalue weighted by Gasteiger charge is 2.53. The van der Waals surface area contributed by atoms with Crippen LogP contribution in [-0.2, 0) is 4.74 Å². The van der Waals surface area contributed by atoms with Crippen LogP contribution >= 0.6 is 0 Å². The zero-order chi connectivity index (χ0) is 21.1. The summed E-state index contributed by atoms with van der Waals surface area (Å²) < 4.78 is 17.9. The fourth-order valence-corrected chi connectivity index (χ4v) is 5.29. The van der Waals surface area contributed by atoms with Crippen LogP contribution < -0.4 is 4.74 Å². The van der Waals surface area contributed by atoms with Gasteiger partial charge in [0, 0.05) is 36.7 Å². The summed E-state index contributed by atoms with van der Waals surface area (Å²) in [4.78, 5) is 14.6. The quantitative estimate of drug-likeness (QED) is 0.766. The number of phenols is 1. The average Bonchev–Trinajstić information content (AvgIpc) is 3.14. The number of aromatic hydroxyl groups is 1. The van der Waals surface area contributed by atoms with Crippen molar-refractivity contribution in [3.8, 4) is 11.5 Å². The van der Waals surface area contributed by atoms with Gasteiger partial charge in [0.05, 0.1) is 18.4 Å². The van der Waals surface area contributed by atoms with E-state index < -0.39 is 5.60 Å². The molecule has 0 aliphatic carbocycles. The Morgan fingerprint density at radius 1 is 1.23 bits per heavy atom. The molecule has 0 bridgehead atoms. The van der Waals surface area contributed by atoms with E-state index in [9.17, 15) is 9.90 Å². The summed E-state index contributed by atoms with van der Waals surface area (Å²) in [5, 5.41) is 13.7. The molecule has 2 aromatic rings. The lowest BCUT2D eigenvalue weighted by atomic mass is 9.64. The maximum absolute atomic E-state index is 12.7. The van der Waals surface area contributed by atoms with E-state index in [4.69, 9.17) is 14.0 Å². The van der Waals surface area contributed by atoms with E-state index in [-0.39, 0.29) is 29.1 Å². The van der Waals surface area contributed by atoms with Crippen LogP contribution in [0, 0.1) is 18.3 Å². The fraction of sp³-hybridized carbons (Fsp3) is 0.565. The first-order chi connectivity index (χ1) is 14.3. The van der Waals surface area contributed by atoms with Crippen LogP contribution in [0.15, 0.2) is 28.8 Å². The number of carbonyl (C=O) groups excluding carboxylic acids is 1. The molecule has 2 fully saturated rings. The number of hydrogen-bond donors (Lipinski definition) is 1. The van der Waals surface area contributed by atoms with Gasteiger partial charge in [-0.2, -0.15) is 0 Å². The highest BCUT2D eigenvalue weighted by atomic mass is 16.5. The summed E-state index contributed by atoms with van der Waals surface area (Å²) in [6, 6.07) is 6.98. The predicted octanol–water partition coefficient (Wildman–Crippen LogP) is 3.86. The lowest BCUT2D eigenvalue weighted by Gasteiger charge is -2.54. The highest BCUT2D eigenvalue weighted by Crippen LogP contribution is 2.55. The lowest BCUT2D eigenvalue weighted by Crippen LogP contribution is -2.54. The Labute approximate surface area is 175 Å². The second-order valence-corrected chi connectivity index (χ2v) is 9.59. The van der Waals surface area contributed by atoms with Gasteiger partial charge in [0.2, 0.25) is 5.76 Å². The normalized spacial score (nSPS) is 26.6. The van der Waals surface area contributed by atoms with Crippen LogP contribution in [0.25, 0.3) is 0 Å². The smallest absolute Gasteiger partial charge is 0.292 e. The molecule has 160 valence electrons. The van der Waals surface area contributed by atoms with Crippen LogP contribution in [0.1, 0.15) is 61.0 Å². The van der Waals surface area contributed by atoms with Gasteiger partial charge in [-0.15, -0.1) is 0 Å². The number of nitrogens with zero attached hydrogens (tertiary/aromatic N) is 2. The minimum atomic E-state index is -0.400. The monoisotopic (exact) mass is 412 g/mol. The van der Waals surface area contributed by atoms with E-state index in [1.54, 1.807) is 18.2 Å². The van der Waals surface area contributed by atoms with E-state index >= 15 is 0 Å². The van der Waals surface area contributed by atoms with Crippen molar-refractivity contribution in [3.63, 3.8) is 0 Å². The molecule has 1 amide bonds. The molecule has 0 radical (unpaired) electrons. The Morgan fingerprint density at radius 2 is 2.00 bits per heavy atom. The van der Waals surface area contributed by atoms with Crippen molar-refractivity contribution in [1.29, 1.82) is 0 Å². The van der Waals surface area contributed by atoms with Crippen molar-refractivity contribution in [2.75, 3.05) is 19.7 Å². The van der Waals surface area contributed by atoms with Crippen molar-refractivity contribution in [2.45, 2.75) is 51.7 Å². The van der Waals surface area contributed by atoms with Gasteiger partial charge in [0.25, 0.3) is 5.91 Å². The van der Waals surface area contributed by atoms with Crippen molar-refractivity contribution >= 4 is 5.91 Å². The molecule has 1 N–H and O–H groups in total. The van der Waals surface area contributed by atoms with Crippen LogP contribution in [0.5, 0.6) is 11.5 Å². The molecule has 0 unspecified atom stereocenters. The number of fused-ring (bicyclic) bond motifs is 3. The van der Waals surface area contributed by atoms with E-state index in [0.717, 1.165) is 24.8 Å². The molecule has 2 saturated heterocycles. The van der Waals surface area contributed by atoms with E-state index in [1.807, 2.05) is 17.9 Å². The molecule has 30 heavy (non-hydrogen) atoms. The SMILES string of the molecule is Cc1cc(C(=O)N2CCC3(CC2)CO[C@@H]2c4ccc(O)cc4OC(C)(C)[C@H]2C3)on1. The second kappa shape index (κ2) is 6.74. The fourth-order valence-electron chi connectivity index (χ4n) is 5.29. The maximum atomic E-state index is 12.7. The van der Waals surface area contributed by atoms with Gasteiger partial charge < -0.3 is 24.0 Å². The number of rotatable bonds is 1. The summed E-state index contributed by atoms with van der Waals surface area (Å²) in [5.74, 6) is 1.34. The van der Waals surface area contributed by atoms with Crippen LogP contribution in [0.3, 0.4) is 0 Å². The lowest BCUT2D eigenvalue weighted by molar-refractivity contribution is -0.173. The van der Waals surface area contributed by atoms with E-state index in [0.29, 0.717) is 36.9 Å². The minimum Gasteiger partial charge on any atom is -0.508 e. The summed E-state index contributed by atoms with van der Waals surface area (Å²) in [5.41, 5.74) is 1.38. The first-order valence-electron chi connectivity index (χ1n) is 10.6. The van der Waals surface area contributed by atoms with E-state index in [2.05, 4.69) is 19.0 Å². The molecule has 7 nitrogen and oxygen atoms in total. The molecular formula is C23H28N2O5. The van der Waals surface area contributed by atoms with Gasteiger partial charge in [-0.1, -0.05) is 5.16 Å². The molecule has 3 aliphatic rings. The van der Waals surface area contributed by atoms with Gasteiger partial charge >= 0.3 is 0 Å². The largest absolute Gasteiger partial charge is 0.508 e.